The molecule has 1 fully saturated rings. The average Bonchev–Trinajstić information content (AvgIpc) is 2.29. The first-order valence-corrected chi connectivity index (χ1v) is 8.00. The zero-order valence-corrected chi connectivity index (χ0v) is 12.1. The summed E-state index contributed by atoms with van der Waals surface area (Å²) in [7, 11) is 0. The molecule has 1 heterocycles. The van der Waals surface area contributed by atoms with Crippen molar-refractivity contribution in [1.82, 2.24) is 4.90 Å². The van der Waals surface area contributed by atoms with Gasteiger partial charge in [-0.1, -0.05) is 0 Å². The molecule has 3 nitrogen and oxygen atoms in total. The quantitative estimate of drug-likeness (QED) is 0.354. The molecule has 1 aliphatic heterocycles. The van der Waals surface area contributed by atoms with Crippen molar-refractivity contribution in [3.05, 3.63) is 12.7 Å². The van der Waals surface area contributed by atoms with Gasteiger partial charge >= 0.3 is 109 Å². The van der Waals surface area contributed by atoms with Gasteiger partial charge in [0, 0.05) is 0 Å². The number of carbonyl (C=O) groups excluding carboxylic acids is 1. The number of aliphatic hydroxyl groups is 1. The number of amides is 1. The van der Waals surface area contributed by atoms with E-state index >= 15 is 0 Å². The molecule has 0 aromatic heterocycles. The molecule has 0 spiro atoms. The van der Waals surface area contributed by atoms with Crippen LogP contribution < -0.4 is 0 Å². The van der Waals surface area contributed by atoms with Gasteiger partial charge in [-0.15, -0.1) is 0 Å². The third kappa shape index (κ3) is 3.35. The summed E-state index contributed by atoms with van der Waals surface area (Å²) in [5.74, 6) is 5.96. The molecule has 1 N–H and O–H groups in total. The number of carbonyl (C=O) groups is 1. The predicted octanol–water partition coefficient (Wildman–Crippen LogP) is 0.874. The van der Waals surface area contributed by atoms with Crippen LogP contribution in [0.2, 0.25) is 5.32 Å². The number of hydrogen-bond acceptors (Lipinski definition) is 2. The zero-order chi connectivity index (χ0) is 12.8. The van der Waals surface area contributed by atoms with Crippen molar-refractivity contribution in [1.29, 1.82) is 0 Å². The summed E-state index contributed by atoms with van der Waals surface area (Å²) >= 11 is 0.251. The van der Waals surface area contributed by atoms with Crippen molar-refractivity contribution in [2.24, 2.45) is 5.92 Å². The number of hydrogen-bond donors (Lipinski definition) is 1. The minimum atomic E-state index is -0.561. The van der Waals surface area contributed by atoms with Crippen molar-refractivity contribution in [2.75, 3.05) is 6.54 Å². The summed E-state index contributed by atoms with van der Waals surface area (Å²) < 4.78 is 0. The molecule has 1 rings (SSSR count). The van der Waals surface area contributed by atoms with E-state index in [0.717, 1.165) is 11.7 Å². The van der Waals surface area contributed by atoms with E-state index in [1.807, 2.05) is 6.92 Å². The van der Waals surface area contributed by atoms with Crippen LogP contribution in [0.15, 0.2) is 12.7 Å². The van der Waals surface area contributed by atoms with E-state index in [2.05, 4.69) is 18.4 Å². The van der Waals surface area contributed by atoms with Gasteiger partial charge in [0.2, 0.25) is 0 Å². The summed E-state index contributed by atoms with van der Waals surface area (Å²) in [5.41, 5.74) is 0. The van der Waals surface area contributed by atoms with Crippen molar-refractivity contribution in [3.63, 3.8) is 0 Å². The van der Waals surface area contributed by atoms with E-state index < -0.39 is 6.10 Å². The van der Waals surface area contributed by atoms with Crippen LogP contribution >= 0.6 is 0 Å². The number of nitrogens with zero attached hydrogens (tertiary/aromatic N) is 1. The van der Waals surface area contributed by atoms with E-state index in [-0.39, 0.29) is 31.7 Å². The Bertz CT molecular complexity index is 343. The van der Waals surface area contributed by atoms with Gasteiger partial charge < -0.3 is 0 Å². The van der Waals surface area contributed by atoms with Crippen LogP contribution in [-0.2, 0) is 4.79 Å². The van der Waals surface area contributed by atoms with Crippen LogP contribution in [0.3, 0.4) is 0 Å². The first kappa shape index (κ1) is 14.3. The summed E-state index contributed by atoms with van der Waals surface area (Å²) in [6.07, 6.45) is 2.04. The fourth-order valence-electron chi connectivity index (χ4n) is 1.82. The van der Waals surface area contributed by atoms with Gasteiger partial charge in [0.15, 0.2) is 0 Å². The molecule has 0 aromatic carbocycles. The van der Waals surface area contributed by atoms with Crippen molar-refractivity contribution >= 4 is 20.9 Å². The van der Waals surface area contributed by atoms with Gasteiger partial charge in [0.05, 0.1) is 0 Å². The summed E-state index contributed by atoms with van der Waals surface area (Å²) in [5, 5.41) is 10.4. The predicted molar refractivity (Wildman–Crippen MR) is 69.5 cm³/mol. The van der Waals surface area contributed by atoms with Crippen LogP contribution in [0.5, 0.6) is 0 Å². The molecule has 1 aliphatic rings. The molecule has 17 heavy (non-hydrogen) atoms. The number of likely N-dealkylation sites (tertiary alicyclic amines) is 1. The summed E-state index contributed by atoms with van der Waals surface area (Å²) in [6.45, 7) is 7.95. The molecule has 94 valence electrons. The Hall–Kier alpha value is -0.751. The molecule has 0 bridgehead atoms. The van der Waals surface area contributed by atoms with Gasteiger partial charge in [-0.25, -0.2) is 0 Å². The Morgan fingerprint density at radius 1 is 1.65 bits per heavy atom. The van der Waals surface area contributed by atoms with E-state index in [9.17, 15) is 9.90 Å². The Morgan fingerprint density at radius 2 is 2.35 bits per heavy atom. The standard InChI is InChI=1S/C13H19NO2Se/c1-4-6-7-9-17-13-11(10(3)15)12(16)14(13)8-5-2/h5,10-11,13,15H,2,4,8-9H2,1,3H3/t10-,11+,13-/m1/s1. The van der Waals surface area contributed by atoms with Crippen LogP contribution in [0.4, 0.5) is 0 Å². The molecule has 0 radical (unpaired) electrons. The van der Waals surface area contributed by atoms with Gasteiger partial charge in [-0.2, -0.15) is 0 Å². The number of aliphatic hydroxyl groups excluding tert-OH is 1. The molecule has 1 saturated heterocycles. The summed E-state index contributed by atoms with van der Waals surface area (Å²) in [4.78, 5) is 13.8. The second-order valence-corrected chi connectivity index (χ2v) is 6.27. The van der Waals surface area contributed by atoms with Gasteiger partial charge in [0.1, 0.15) is 0 Å². The van der Waals surface area contributed by atoms with Gasteiger partial charge in [-0.3, -0.25) is 0 Å². The first-order valence-electron chi connectivity index (χ1n) is 5.80. The van der Waals surface area contributed by atoms with E-state index in [1.54, 1.807) is 17.9 Å². The Labute approximate surface area is 109 Å². The zero-order valence-electron chi connectivity index (χ0n) is 10.3. The second kappa shape index (κ2) is 6.86. The van der Waals surface area contributed by atoms with Crippen LogP contribution in [0, 0.1) is 17.8 Å². The Kier molecular flexibility index (Phi) is 5.77. The van der Waals surface area contributed by atoms with Crippen molar-refractivity contribution < 1.29 is 9.90 Å². The molecule has 4 heteroatoms. The monoisotopic (exact) mass is 301 g/mol. The topological polar surface area (TPSA) is 40.5 Å². The third-order valence-corrected chi connectivity index (χ3v) is 5.17. The fourth-order valence-corrected chi connectivity index (χ4v) is 4.50. The molecule has 0 unspecified atom stereocenters. The molecule has 0 aromatic rings. The van der Waals surface area contributed by atoms with Crippen molar-refractivity contribution in [3.8, 4) is 11.8 Å². The number of rotatable bonds is 5. The third-order valence-electron chi connectivity index (χ3n) is 2.66. The van der Waals surface area contributed by atoms with Crippen molar-refractivity contribution in [2.45, 2.75) is 36.6 Å². The average molecular weight is 300 g/mol. The van der Waals surface area contributed by atoms with E-state index in [1.165, 1.54) is 0 Å². The van der Waals surface area contributed by atoms with Crippen LogP contribution in [0.25, 0.3) is 0 Å². The normalized spacial score (nSPS) is 24.6. The SMILES string of the molecule is C=CCN1C(=O)[C@H]([C@@H](C)O)[C@H]1[Se]CC#CCC. The summed E-state index contributed by atoms with van der Waals surface area (Å²) in [6, 6.07) is 0. The second-order valence-electron chi connectivity index (χ2n) is 3.95. The minimum absolute atomic E-state index is 0.0511. The maximum atomic E-state index is 11.8. The Morgan fingerprint density at radius 3 is 2.88 bits per heavy atom. The molecular weight excluding hydrogens is 281 g/mol. The van der Waals surface area contributed by atoms with E-state index in [4.69, 9.17) is 0 Å². The van der Waals surface area contributed by atoms with Crippen LogP contribution in [0.1, 0.15) is 20.3 Å². The fraction of sp³-hybridized carbons (Fsp3) is 0.615. The van der Waals surface area contributed by atoms with Gasteiger partial charge in [0.25, 0.3) is 0 Å². The van der Waals surface area contributed by atoms with Crippen LogP contribution in [-0.4, -0.2) is 48.5 Å². The molecular formula is C13H19NO2Se. The Balaban J connectivity index is 2.56. The maximum absolute atomic E-state index is 11.8. The first-order chi connectivity index (χ1) is 8.13. The molecule has 3 atom stereocenters. The molecule has 0 aliphatic carbocycles. The molecule has 0 saturated carbocycles. The van der Waals surface area contributed by atoms with Gasteiger partial charge in [-0.05, 0) is 0 Å². The van der Waals surface area contributed by atoms with E-state index in [0.29, 0.717) is 6.54 Å². The number of β-lactam (4-membered cyclic amide) rings is 1. The molecule has 1 amide bonds.